The number of ether oxygens (including phenoxy) is 1. The third kappa shape index (κ3) is 6.49. The number of carbonyl (C=O) groups excluding carboxylic acids is 1. The van der Waals surface area contributed by atoms with Crippen LogP contribution in [0.25, 0.3) is 11.1 Å². The van der Waals surface area contributed by atoms with E-state index < -0.39 is 12.1 Å². The van der Waals surface area contributed by atoms with Crippen LogP contribution < -0.4 is 5.32 Å². The Hall–Kier alpha value is -3.08. The summed E-state index contributed by atoms with van der Waals surface area (Å²) in [7, 11) is 0. The SMILES string of the molecule is CCCCCC/C(C[C@@H](C)CNC(=O)OCC1c2ccccc2-c2ccccc21)=C(\C)C(=O)O. The van der Waals surface area contributed by atoms with E-state index in [1.54, 1.807) is 6.92 Å². The number of rotatable bonds is 12. The molecule has 0 fully saturated rings. The molecule has 1 aliphatic rings. The van der Waals surface area contributed by atoms with Crippen LogP contribution in [0.1, 0.15) is 76.3 Å². The van der Waals surface area contributed by atoms with Crippen molar-refractivity contribution in [3.05, 3.63) is 70.8 Å². The molecular weight excluding hydrogens is 426 g/mol. The van der Waals surface area contributed by atoms with Crippen molar-refractivity contribution >= 4 is 12.1 Å². The fraction of sp³-hybridized carbons (Fsp3) is 0.448. The first-order chi connectivity index (χ1) is 16.4. The first-order valence-corrected chi connectivity index (χ1v) is 12.4. The molecule has 0 aromatic heterocycles. The molecule has 1 aliphatic carbocycles. The zero-order chi connectivity index (χ0) is 24.5. The topological polar surface area (TPSA) is 75.6 Å². The highest BCUT2D eigenvalue weighted by Crippen LogP contribution is 2.44. The predicted octanol–water partition coefficient (Wildman–Crippen LogP) is 6.92. The monoisotopic (exact) mass is 463 g/mol. The van der Waals surface area contributed by atoms with Gasteiger partial charge >= 0.3 is 12.1 Å². The third-order valence-electron chi connectivity index (χ3n) is 6.72. The van der Waals surface area contributed by atoms with Crippen LogP contribution in [0.4, 0.5) is 4.79 Å². The van der Waals surface area contributed by atoms with Crippen molar-refractivity contribution in [3.8, 4) is 11.1 Å². The second kappa shape index (κ2) is 12.4. The van der Waals surface area contributed by atoms with E-state index >= 15 is 0 Å². The van der Waals surface area contributed by atoms with Crippen LogP contribution in [0.5, 0.6) is 0 Å². The molecule has 0 aliphatic heterocycles. The van der Waals surface area contributed by atoms with Crippen LogP contribution in [0.2, 0.25) is 0 Å². The molecule has 2 aromatic rings. The number of carboxylic acid groups (broad SMARTS) is 1. The zero-order valence-corrected chi connectivity index (χ0v) is 20.6. The zero-order valence-electron chi connectivity index (χ0n) is 20.6. The number of unbranched alkanes of at least 4 members (excludes halogenated alkanes) is 3. The Morgan fingerprint density at radius 2 is 1.62 bits per heavy atom. The average Bonchev–Trinajstić information content (AvgIpc) is 3.16. The molecule has 2 N–H and O–H groups in total. The number of carbonyl (C=O) groups is 2. The van der Waals surface area contributed by atoms with Gasteiger partial charge in [0.2, 0.25) is 0 Å². The lowest BCUT2D eigenvalue weighted by molar-refractivity contribution is -0.132. The molecule has 5 heteroatoms. The second-order valence-electron chi connectivity index (χ2n) is 9.36. The normalized spacial score (nSPS) is 14.1. The number of benzene rings is 2. The number of fused-ring (bicyclic) bond motifs is 3. The fourth-order valence-corrected chi connectivity index (χ4v) is 4.76. The summed E-state index contributed by atoms with van der Waals surface area (Å²) >= 11 is 0. The Labute approximate surface area is 203 Å². The lowest BCUT2D eigenvalue weighted by Crippen LogP contribution is -2.30. The van der Waals surface area contributed by atoms with E-state index in [2.05, 4.69) is 36.5 Å². The Morgan fingerprint density at radius 3 is 2.21 bits per heavy atom. The first kappa shape index (κ1) is 25.5. The largest absolute Gasteiger partial charge is 0.478 e. The summed E-state index contributed by atoms with van der Waals surface area (Å²) in [5.74, 6) is -0.704. The summed E-state index contributed by atoms with van der Waals surface area (Å²) in [6.45, 7) is 6.61. The maximum Gasteiger partial charge on any atom is 0.407 e. The van der Waals surface area contributed by atoms with E-state index in [9.17, 15) is 14.7 Å². The number of nitrogens with one attached hydrogen (secondary N) is 1. The molecule has 1 amide bonds. The van der Waals surface area contributed by atoms with Gasteiger partial charge in [-0.25, -0.2) is 9.59 Å². The van der Waals surface area contributed by atoms with Gasteiger partial charge < -0.3 is 15.2 Å². The van der Waals surface area contributed by atoms with E-state index in [1.165, 1.54) is 22.3 Å². The average molecular weight is 464 g/mol. The van der Waals surface area contributed by atoms with Crippen molar-refractivity contribution in [1.82, 2.24) is 5.32 Å². The summed E-state index contributed by atoms with van der Waals surface area (Å²) in [6, 6.07) is 16.5. The Bertz CT molecular complexity index is 981. The number of aliphatic carboxylic acids is 1. The number of hydrogen-bond donors (Lipinski definition) is 2. The molecule has 0 saturated heterocycles. The maximum atomic E-state index is 12.5. The summed E-state index contributed by atoms with van der Waals surface area (Å²) in [6.07, 6.45) is 5.45. The summed E-state index contributed by atoms with van der Waals surface area (Å²) < 4.78 is 5.62. The fourth-order valence-electron chi connectivity index (χ4n) is 4.76. The number of carboxylic acids is 1. The first-order valence-electron chi connectivity index (χ1n) is 12.4. The summed E-state index contributed by atoms with van der Waals surface area (Å²) in [5, 5.41) is 12.3. The van der Waals surface area contributed by atoms with Crippen LogP contribution in [-0.2, 0) is 9.53 Å². The van der Waals surface area contributed by atoms with Crippen molar-refractivity contribution in [1.29, 1.82) is 0 Å². The smallest absolute Gasteiger partial charge is 0.407 e. The quantitative estimate of drug-likeness (QED) is 0.264. The van der Waals surface area contributed by atoms with E-state index in [1.807, 2.05) is 31.2 Å². The van der Waals surface area contributed by atoms with E-state index in [0.717, 1.165) is 37.7 Å². The van der Waals surface area contributed by atoms with E-state index in [-0.39, 0.29) is 18.4 Å². The molecule has 0 radical (unpaired) electrons. The van der Waals surface area contributed by atoms with Gasteiger partial charge in [0.15, 0.2) is 0 Å². The Balaban J connectivity index is 1.52. The molecule has 5 nitrogen and oxygen atoms in total. The molecule has 0 bridgehead atoms. The lowest BCUT2D eigenvalue weighted by atomic mass is 9.93. The molecule has 0 heterocycles. The van der Waals surface area contributed by atoms with Crippen LogP contribution in [0.3, 0.4) is 0 Å². The minimum atomic E-state index is -0.859. The highest BCUT2D eigenvalue weighted by Gasteiger charge is 2.29. The van der Waals surface area contributed by atoms with Crippen LogP contribution >= 0.6 is 0 Å². The Morgan fingerprint density at radius 1 is 1.00 bits per heavy atom. The molecule has 34 heavy (non-hydrogen) atoms. The lowest BCUT2D eigenvalue weighted by Gasteiger charge is -2.18. The predicted molar refractivity (Wildman–Crippen MR) is 136 cm³/mol. The number of hydrogen-bond acceptors (Lipinski definition) is 3. The van der Waals surface area contributed by atoms with E-state index in [4.69, 9.17) is 4.74 Å². The molecule has 0 saturated carbocycles. The van der Waals surface area contributed by atoms with Gasteiger partial charge in [-0.3, -0.25) is 0 Å². The van der Waals surface area contributed by atoms with Gasteiger partial charge in [-0.1, -0.05) is 87.2 Å². The summed E-state index contributed by atoms with van der Waals surface area (Å²) in [5.41, 5.74) is 6.19. The third-order valence-corrected chi connectivity index (χ3v) is 6.72. The van der Waals surface area contributed by atoms with Crippen molar-refractivity contribution in [2.24, 2.45) is 5.92 Å². The maximum absolute atomic E-state index is 12.5. The van der Waals surface area contributed by atoms with Crippen molar-refractivity contribution in [2.45, 2.75) is 65.2 Å². The number of alkyl carbamates (subject to hydrolysis) is 1. The van der Waals surface area contributed by atoms with Crippen LogP contribution in [0, 0.1) is 5.92 Å². The second-order valence-corrected chi connectivity index (χ2v) is 9.36. The van der Waals surface area contributed by atoms with Gasteiger partial charge in [0.25, 0.3) is 0 Å². The Kier molecular flexibility index (Phi) is 9.32. The van der Waals surface area contributed by atoms with Gasteiger partial charge in [0.05, 0.1) is 0 Å². The van der Waals surface area contributed by atoms with Gasteiger partial charge in [0, 0.05) is 18.0 Å². The van der Waals surface area contributed by atoms with Crippen molar-refractivity contribution in [2.75, 3.05) is 13.2 Å². The highest BCUT2D eigenvalue weighted by molar-refractivity contribution is 5.86. The standard InChI is InChI=1S/C29H37NO4/c1-4-5-6-7-12-22(21(3)28(31)32)17-20(2)18-30-29(33)34-19-27-25-15-10-8-13-23(25)24-14-9-11-16-26(24)27/h8-11,13-16,20,27H,4-7,12,17-19H2,1-3H3,(H,30,33)(H,31,32)/b22-21-/t20-/m1/s1. The minimum Gasteiger partial charge on any atom is -0.478 e. The van der Waals surface area contributed by atoms with Crippen molar-refractivity contribution < 1.29 is 19.4 Å². The summed E-state index contributed by atoms with van der Waals surface area (Å²) in [4.78, 5) is 24.0. The molecule has 0 unspecified atom stereocenters. The van der Waals surface area contributed by atoms with E-state index in [0.29, 0.717) is 18.5 Å². The highest BCUT2D eigenvalue weighted by atomic mass is 16.5. The van der Waals surface area contributed by atoms with Crippen LogP contribution in [-0.4, -0.2) is 30.3 Å². The minimum absolute atomic E-state index is 0.0337. The van der Waals surface area contributed by atoms with Gasteiger partial charge in [-0.2, -0.15) is 0 Å². The molecule has 1 atom stereocenters. The van der Waals surface area contributed by atoms with Gasteiger partial charge in [-0.15, -0.1) is 0 Å². The van der Waals surface area contributed by atoms with Gasteiger partial charge in [-0.05, 0) is 54.4 Å². The van der Waals surface area contributed by atoms with Crippen LogP contribution in [0.15, 0.2) is 59.7 Å². The molecule has 0 spiro atoms. The van der Waals surface area contributed by atoms with Gasteiger partial charge in [0.1, 0.15) is 6.61 Å². The number of amides is 1. The molecular formula is C29H37NO4. The van der Waals surface area contributed by atoms with Crippen molar-refractivity contribution in [3.63, 3.8) is 0 Å². The molecule has 182 valence electrons. The molecule has 3 rings (SSSR count). The molecule has 2 aromatic carbocycles. The number of allylic oxidation sites excluding steroid dienone is 1.